The third kappa shape index (κ3) is 3.41. The fourth-order valence-corrected chi connectivity index (χ4v) is 1.55. The second kappa shape index (κ2) is 6.34. The van der Waals surface area contributed by atoms with Crippen molar-refractivity contribution < 1.29 is 9.90 Å². The number of aliphatic hydroxyl groups is 1. The molecule has 0 fully saturated rings. The summed E-state index contributed by atoms with van der Waals surface area (Å²) in [5.74, 6) is 4.96. The quantitative estimate of drug-likeness (QED) is 0.799. The van der Waals surface area contributed by atoms with Gasteiger partial charge >= 0.3 is 0 Å². The van der Waals surface area contributed by atoms with Crippen LogP contribution in [0.4, 0.5) is 5.69 Å². The molecule has 1 aromatic heterocycles. The standard InChI is InChI=1S/C15H12N2O2/c18-10-4-5-12-11-16-9-8-14(12)15(19)17-13-6-2-1-3-7-13/h1-3,6-9,11,18H,10H2,(H,17,19). The Morgan fingerprint density at radius 3 is 2.79 bits per heavy atom. The number of aromatic nitrogens is 1. The second-order valence-corrected chi connectivity index (χ2v) is 3.70. The highest BCUT2D eigenvalue weighted by atomic mass is 16.2. The van der Waals surface area contributed by atoms with Gasteiger partial charge in [-0.2, -0.15) is 0 Å². The molecule has 2 aromatic rings. The number of benzene rings is 1. The minimum atomic E-state index is -0.255. The Kier molecular flexibility index (Phi) is 4.27. The average Bonchev–Trinajstić information content (AvgIpc) is 2.46. The van der Waals surface area contributed by atoms with Crippen molar-refractivity contribution in [2.24, 2.45) is 0 Å². The van der Waals surface area contributed by atoms with Crippen molar-refractivity contribution in [3.05, 3.63) is 59.9 Å². The molecule has 0 saturated carbocycles. The molecule has 0 saturated heterocycles. The van der Waals surface area contributed by atoms with Crippen molar-refractivity contribution in [3.63, 3.8) is 0 Å². The molecule has 0 unspecified atom stereocenters. The van der Waals surface area contributed by atoms with Crippen LogP contribution in [0, 0.1) is 11.8 Å². The molecule has 0 aliphatic carbocycles. The molecule has 94 valence electrons. The van der Waals surface area contributed by atoms with Gasteiger partial charge in [-0.25, -0.2) is 0 Å². The number of anilines is 1. The highest BCUT2D eigenvalue weighted by Gasteiger charge is 2.09. The van der Waals surface area contributed by atoms with Crippen LogP contribution in [-0.2, 0) is 0 Å². The summed E-state index contributed by atoms with van der Waals surface area (Å²) >= 11 is 0. The molecule has 0 bridgehead atoms. The Hall–Kier alpha value is -2.64. The number of nitrogens with one attached hydrogen (secondary N) is 1. The van der Waals surface area contributed by atoms with E-state index in [0.29, 0.717) is 16.8 Å². The van der Waals surface area contributed by atoms with Gasteiger partial charge in [0.25, 0.3) is 5.91 Å². The van der Waals surface area contributed by atoms with Crippen LogP contribution in [0.3, 0.4) is 0 Å². The Morgan fingerprint density at radius 1 is 1.26 bits per heavy atom. The Labute approximate surface area is 111 Å². The molecule has 4 nitrogen and oxygen atoms in total. The summed E-state index contributed by atoms with van der Waals surface area (Å²) in [5, 5.41) is 11.5. The summed E-state index contributed by atoms with van der Waals surface area (Å²) < 4.78 is 0. The summed E-state index contributed by atoms with van der Waals surface area (Å²) in [4.78, 5) is 16.1. The summed E-state index contributed by atoms with van der Waals surface area (Å²) in [6, 6.07) is 10.8. The fraction of sp³-hybridized carbons (Fsp3) is 0.0667. The predicted octanol–water partition coefficient (Wildman–Crippen LogP) is 1.68. The number of nitrogens with zero attached hydrogens (tertiary/aromatic N) is 1. The number of amides is 1. The van der Waals surface area contributed by atoms with Gasteiger partial charge in [0.2, 0.25) is 0 Å². The molecule has 1 aromatic carbocycles. The number of aliphatic hydroxyl groups excluding tert-OH is 1. The Morgan fingerprint density at radius 2 is 2.05 bits per heavy atom. The van der Waals surface area contributed by atoms with Crippen molar-refractivity contribution in [1.29, 1.82) is 0 Å². The predicted molar refractivity (Wildman–Crippen MR) is 72.6 cm³/mol. The lowest BCUT2D eigenvalue weighted by atomic mass is 10.1. The SMILES string of the molecule is O=C(Nc1ccccc1)c1ccncc1C#CCO. The zero-order valence-electron chi connectivity index (χ0n) is 10.1. The molecular weight excluding hydrogens is 240 g/mol. The van der Waals surface area contributed by atoms with Crippen molar-refractivity contribution in [2.45, 2.75) is 0 Å². The number of pyridine rings is 1. The van der Waals surface area contributed by atoms with E-state index in [4.69, 9.17) is 5.11 Å². The first-order valence-corrected chi connectivity index (χ1v) is 5.71. The van der Waals surface area contributed by atoms with E-state index in [0.717, 1.165) is 0 Å². The van der Waals surface area contributed by atoms with Gasteiger partial charge in [0, 0.05) is 18.1 Å². The molecule has 0 radical (unpaired) electrons. The van der Waals surface area contributed by atoms with E-state index >= 15 is 0 Å². The number of hydrogen-bond donors (Lipinski definition) is 2. The normalized spacial score (nSPS) is 9.32. The number of carbonyl (C=O) groups excluding carboxylic acids is 1. The molecular formula is C15H12N2O2. The van der Waals surface area contributed by atoms with Crippen molar-refractivity contribution in [1.82, 2.24) is 4.98 Å². The smallest absolute Gasteiger partial charge is 0.257 e. The number of para-hydroxylation sites is 1. The highest BCUT2D eigenvalue weighted by Crippen LogP contribution is 2.11. The maximum absolute atomic E-state index is 12.1. The first-order valence-electron chi connectivity index (χ1n) is 5.71. The van der Waals surface area contributed by atoms with Crippen LogP contribution in [0.5, 0.6) is 0 Å². The molecule has 1 heterocycles. The molecule has 0 spiro atoms. The van der Waals surface area contributed by atoms with Crippen LogP contribution in [0.25, 0.3) is 0 Å². The third-order valence-electron chi connectivity index (χ3n) is 2.40. The van der Waals surface area contributed by atoms with Gasteiger partial charge in [-0.3, -0.25) is 9.78 Å². The largest absolute Gasteiger partial charge is 0.384 e. The summed E-state index contributed by atoms with van der Waals surface area (Å²) in [6.07, 6.45) is 3.03. The zero-order chi connectivity index (χ0) is 13.5. The molecule has 19 heavy (non-hydrogen) atoms. The molecule has 0 atom stereocenters. The first-order chi connectivity index (χ1) is 9.31. The van der Waals surface area contributed by atoms with E-state index in [9.17, 15) is 4.79 Å². The second-order valence-electron chi connectivity index (χ2n) is 3.70. The molecule has 2 N–H and O–H groups in total. The van der Waals surface area contributed by atoms with Crippen LogP contribution in [0.1, 0.15) is 15.9 Å². The summed E-state index contributed by atoms with van der Waals surface area (Å²) in [5.41, 5.74) is 1.63. The first kappa shape index (κ1) is 12.8. The molecule has 4 heteroatoms. The van der Waals surface area contributed by atoms with Crippen LogP contribution < -0.4 is 5.32 Å². The van der Waals surface area contributed by atoms with Crippen LogP contribution in [-0.4, -0.2) is 22.6 Å². The lowest BCUT2D eigenvalue weighted by Crippen LogP contribution is -2.13. The number of hydrogen-bond acceptors (Lipinski definition) is 3. The van der Waals surface area contributed by atoms with E-state index in [-0.39, 0.29) is 12.5 Å². The van der Waals surface area contributed by atoms with Crippen LogP contribution in [0.2, 0.25) is 0 Å². The third-order valence-corrected chi connectivity index (χ3v) is 2.40. The van der Waals surface area contributed by atoms with E-state index in [2.05, 4.69) is 22.1 Å². The monoisotopic (exact) mass is 252 g/mol. The van der Waals surface area contributed by atoms with Crippen molar-refractivity contribution >= 4 is 11.6 Å². The van der Waals surface area contributed by atoms with Gasteiger partial charge < -0.3 is 10.4 Å². The van der Waals surface area contributed by atoms with Gasteiger partial charge in [-0.05, 0) is 18.2 Å². The topological polar surface area (TPSA) is 62.2 Å². The summed E-state index contributed by atoms with van der Waals surface area (Å²) in [6.45, 7) is -0.255. The van der Waals surface area contributed by atoms with Crippen LogP contribution >= 0.6 is 0 Å². The maximum Gasteiger partial charge on any atom is 0.257 e. The van der Waals surface area contributed by atoms with Crippen LogP contribution in [0.15, 0.2) is 48.8 Å². The lowest BCUT2D eigenvalue weighted by Gasteiger charge is -2.06. The highest BCUT2D eigenvalue weighted by molar-refractivity contribution is 6.05. The lowest BCUT2D eigenvalue weighted by molar-refractivity contribution is 0.102. The fourth-order valence-electron chi connectivity index (χ4n) is 1.55. The molecule has 1 amide bonds. The van der Waals surface area contributed by atoms with Gasteiger partial charge in [0.05, 0.1) is 11.1 Å². The minimum Gasteiger partial charge on any atom is -0.384 e. The zero-order valence-corrected chi connectivity index (χ0v) is 10.1. The van der Waals surface area contributed by atoms with E-state index in [1.807, 2.05) is 18.2 Å². The van der Waals surface area contributed by atoms with E-state index in [1.165, 1.54) is 12.4 Å². The van der Waals surface area contributed by atoms with E-state index < -0.39 is 0 Å². The van der Waals surface area contributed by atoms with Gasteiger partial charge in [0.15, 0.2) is 0 Å². The van der Waals surface area contributed by atoms with Gasteiger partial charge in [0.1, 0.15) is 6.61 Å². The Bertz CT molecular complexity index is 627. The van der Waals surface area contributed by atoms with Crippen molar-refractivity contribution in [3.8, 4) is 11.8 Å². The Balaban J connectivity index is 2.24. The number of carbonyl (C=O) groups is 1. The molecule has 0 aliphatic rings. The molecule has 2 rings (SSSR count). The average molecular weight is 252 g/mol. The van der Waals surface area contributed by atoms with Gasteiger partial charge in [-0.1, -0.05) is 30.0 Å². The summed E-state index contributed by atoms with van der Waals surface area (Å²) in [7, 11) is 0. The van der Waals surface area contributed by atoms with Crippen molar-refractivity contribution in [2.75, 3.05) is 11.9 Å². The van der Waals surface area contributed by atoms with E-state index in [1.54, 1.807) is 18.2 Å². The maximum atomic E-state index is 12.1. The minimum absolute atomic E-state index is 0.254. The number of rotatable bonds is 2. The molecule has 0 aliphatic heterocycles. The van der Waals surface area contributed by atoms with Gasteiger partial charge in [-0.15, -0.1) is 0 Å².